The molecule has 2 rings (SSSR count). The van der Waals surface area contributed by atoms with Crippen LogP contribution in [0, 0.1) is 5.92 Å². The van der Waals surface area contributed by atoms with Crippen LogP contribution in [-0.4, -0.2) is 21.2 Å². The molecule has 1 unspecified atom stereocenters. The van der Waals surface area contributed by atoms with Crippen molar-refractivity contribution < 1.29 is 5.11 Å². The van der Waals surface area contributed by atoms with Crippen LogP contribution in [0.25, 0.3) is 10.2 Å². The normalized spacial score (nSPS) is 13.5. The van der Waals surface area contributed by atoms with Crippen LogP contribution >= 0.6 is 11.3 Å². The molecule has 0 aliphatic carbocycles. The van der Waals surface area contributed by atoms with Gasteiger partial charge in [0.25, 0.3) is 0 Å². The molecule has 1 N–H and O–H groups in total. The van der Waals surface area contributed by atoms with Crippen molar-refractivity contribution in [3.8, 4) is 0 Å². The summed E-state index contributed by atoms with van der Waals surface area (Å²) in [5, 5.41) is 11.9. The van der Waals surface area contributed by atoms with Crippen molar-refractivity contribution in [1.82, 2.24) is 9.97 Å². The van der Waals surface area contributed by atoms with Gasteiger partial charge >= 0.3 is 0 Å². The maximum atomic E-state index is 9.91. The molecule has 0 saturated heterocycles. The Labute approximate surface area is 99.2 Å². The van der Waals surface area contributed by atoms with E-state index in [1.807, 2.05) is 11.4 Å². The van der Waals surface area contributed by atoms with E-state index in [9.17, 15) is 5.11 Å². The number of hydrogen-bond donors (Lipinski definition) is 1. The van der Waals surface area contributed by atoms with Gasteiger partial charge in [0.05, 0.1) is 22.0 Å². The van der Waals surface area contributed by atoms with Gasteiger partial charge in [-0.3, -0.25) is 0 Å². The van der Waals surface area contributed by atoms with Crippen LogP contribution in [0.1, 0.15) is 26.0 Å². The lowest BCUT2D eigenvalue weighted by atomic mass is 10.0. The molecule has 2 aromatic heterocycles. The van der Waals surface area contributed by atoms with Crippen molar-refractivity contribution in [2.45, 2.75) is 32.8 Å². The minimum Gasteiger partial charge on any atom is -0.393 e. The Kier molecular flexibility index (Phi) is 3.51. The molecular formula is C12H16N2OS. The Morgan fingerprint density at radius 1 is 1.38 bits per heavy atom. The summed E-state index contributed by atoms with van der Waals surface area (Å²) >= 11 is 1.64. The van der Waals surface area contributed by atoms with Crippen molar-refractivity contribution in [2.24, 2.45) is 5.92 Å². The molecule has 0 fully saturated rings. The molecule has 1 atom stereocenters. The maximum absolute atomic E-state index is 9.91. The fourth-order valence-electron chi connectivity index (χ4n) is 1.84. The van der Waals surface area contributed by atoms with Crippen molar-refractivity contribution in [2.75, 3.05) is 0 Å². The number of aliphatic hydroxyl groups excluding tert-OH is 1. The van der Waals surface area contributed by atoms with E-state index in [4.69, 9.17) is 0 Å². The second-order valence-electron chi connectivity index (χ2n) is 4.44. The third-order valence-electron chi connectivity index (χ3n) is 2.49. The lowest BCUT2D eigenvalue weighted by molar-refractivity contribution is 0.148. The van der Waals surface area contributed by atoms with Crippen LogP contribution in [0.2, 0.25) is 0 Å². The third kappa shape index (κ3) is 2.57. The van der Waals surface area contributed by atoms with E-state index in [2.05, 4.69) is 23.8 Å². The molecule has 0 aliphatic heterocycles. The minimum atomic E-state index is -0.305. The number of rotatable bonds is 4. The Morgan fingerprint density at radius 3 is 2.94 bits per heavy atom. The van der Waals surface area contributed by atoms with E-state index in [0.29, 0.717) is 12.3 Å². The van der Waals surface area contributed by atoms with Crippen molar-refractivity contribution in [3.63, 3.8) is 0 Å². The van der Waals surface area contributed by atoms with Gasteiger partial charge in [-0.15, -0.1) is 11.3 Å². The average molecular weight is 236 g/mol. The number of hydrogen-bond acceptors (Lipinski definition) is 4. The molecule has 2 heterocycles. The van der Waals surface area contributed by atoms with E-state index in [1.54, 1.807) is 17.7 Å². The second kappa shape index (κ2) is 4.89. The van der Waals surface area contributed by atoms with Crippen molar-refractivity contribution in [1.29, 1.82) is 0 Å². The van der Waals surface area contributed by atoms with Gasteiger partial charge in [-0.25, -0.2) is 9.97 Å². The first-order valence-electron chi connectivity index (χ1n) is 5.52. The number of nitrogens with zero attached hydrogens (tertiary/aromatic N) is 2. The third-order valence-corrected chi connectivity index (χ3v) is 3.44. The fraction of sp³-hybridized carbons (Fsp3) is 0.500. The van der Waals surface area contributed by atoms with Crippen LogP contribution in [0.15, 0.2) is 17.8 Å². The second-order valence-corrected chi connectivity index (χ2v) is 5.36. The Hall–Kier alpha value is -1.000. The predicted molar refractivity (Wildman–Crippen MR) is 66.6 cm³/mol. The molecule has 0 radical (unpaired) electrons. The van der Waals surface area contributed by atoms with Crippen LogP contribution < -0.4 is 0 Å². The number of aromatic nitrogens is 2. The van der Waals surface area contributed by atoms with Gasteiger partial charge in [-0.05, 0) is 23.8 Å². The highest BCUT2D eigenvalue weighted by Crippen LogP contribution is 2.22. The quantitative estimate of drug-likeness (QED) is 0.887. The van der Waals surface area contributed by atoms with Crippen LogP contribution in [0.5, 0.6) is 0 Å². The monoisotopic (exact) mass is 236 g/mol. The van der Waals surface area contributed by atoms with Gasteiger partial charge in [0, 0.05) is 6.42 Å². The SMILES string of the molecule is CC(C)CC(O)Cc1ncnc2ccsc12. The summed E-state index contributed by atoms with van der Waals surface area (Å²) in [6, 6.07) is 1.99. The van der Waals surface area contributed by atoms with E-state index < -0.39 is 0 Å². The highest BCUT2D eigenvalue weighted by Gasteiger charge is 2.12. The Morgan fingerprint density at radius 2 is 2.19 bits per heavy atom. The zero-order valence-electron chi connectivity index (χ0n) is 9.55. The van der Waals surface area contributed by atoms with Crippen LogP contribution in [0.4, 0.5) is 0 Å². The van der Waals surface area contributed by atoms with E-state index in [-0.39, 0.29) is 6.10 Å². The van der Waals surface area contributed by atoms with E-state index >= 15 is 0 Å². The minimum absolute atomic E-state index is 0.305. The van der Waals surface area contributed by atoms with Gasteiger partial charge in [0.2, 0.25) is 0 Å². The Bertz CT molecular complexity index is 467. The maximum Gasteiger partial charge on any atom is 0.116 e. The summed E-state index contributed by atoms with van der Waals surface area (Å²) in [7, 11) is 0. The number of fused-ring (bicyclic) bond motifs is 1. The van der Waals surface area contributed by atoms with Crippen molar-refractivity contribution in [3.05, 3.63) is 23.5 Å². The molecule has 4 heteroatoms. The van der Waals surface area contributed by atoms with Crippen molar-refractivity contribution >= 4 is 21.6 Å². The molecular weight excluding hydrogens is 220 g/mol. The highest BCUT2D eigenvalue weighted by atomic mass is 32.1. The number of thiophene rings is 1. The van der Waals surface area contributed by atoms with Gasteiger partial charge in [0.15, 0.2) is 0 Å². The summed E-state index contributed by atoms with van der Waals surface area (Å²) in [4.78, 5) is 8.45. The van der Waals surface area contributed by atoms with Gasteiger partial charge in [0.1, 0.15) is 6.33 Å². The van der Waals surface area contributed by atoms with E-state index in [1.165, 1.54) is 0 Å². The van der Waals surface area contributed by atoms with Crippen LogP contribution in [0.3, 0.4) is 0 Å². The standard InChI is InChI=1S/C12H16N2OS/c1-8(2)5-9(15)6-11-12-10(3-4-16-12)13-7-14-11/h3-4,7-9,15H,5-6H2,1-2H3. The zero-order chi connectivity index (χ0) is 11.5. The van der Waals surface area contributed by atoms with Gasteiger partial charge < -0.3 is 5.11 Å². The molecule has 2 aromatic rings. The molecule has 0 amide bonds. The summed E-state index contributed by atoms with van der Waals surface area (Å²) in [6.07, 6.45) is 2.71. The smallest absolute Gasteiger partial charge is 0.116 e. The van der Waals surface area contributed by atoms with E-state index in [0.717, 1.165) is 22.3 Å². The molecule has 86 valence electrons. The molecule has 0 spiro atoms. The average Bonchev–Trinajstić information content (AvgIpc) is 2.65. The first-order chi connectivity index (χ1) is 7.66. The molecule has 0 aromatic carbocycles. The molecule has 16 heavy (non-hydrogen) atoms. The zero-order valence-corrected chi connectivity index (χ0v) is 10.4. The summed E-state index contributed by atoms with van der Waals surface area (Å²) in [5.74, 6) is 0.510. The lowest BCUT2D eigenvalue weighted by Gasteiger charge is -2.12. The molecule has 3 nitrogen and oxygen atoms in total. The summed E-state index contributed by atoms with van der Waals surface area (Å²) < 4.78 is 1.10. The predicted octanol–water partition coefficient (Wildman–Crippen LogP) is 2.64. The first-order valence-corrected chi connectivity index (χ1v) is 6.40. The summed E-state index contributed by atoms with van der Waals surface area (Å²) in [6.45, 7) is 4.23. The van der Waals surface area contributed by atoms with Gasteiger partial charge in [-0.2, -0.15) is 0 Å². The Balaban J connectivity index is 2.17. The largest absolute Gasteiger partial charge is 0.393 e. The molecule has 0 saturated carbocycles. The molecule has 0 aliphatic rings. The summed E-state index contributed by atoms with van der Waals surface area (Å²) in [5.41, 5.74) is 1.94. The lowest BCUT2D eigenvalue weighted by Crippen LogP contribution is -2.14. The topological polar surface area (TPSA) is 46.0 Å². The first kappa shape index (κ1) is 11.5. The number of aliphatic hydroxyl groups is 1. The highest BCUT2D eigenvalue weighted by molar-refractivity contribution is 7.17. The van der Waals surface area contributed by atoms with Crippen LogP contribution in [-0.2, 0) is 6.42 Å². The fourth-order valence-corrected chi connectivity index (χ4v) is 2.68. The molecule has 0 bridgehead atoms. The van der Waals surface area contributed by atoms with Gasteiger partial charge in [-0.1, -0.05) is 13.8 Å².